The molecular formula is C14H24N4O3S. The fraction of sp³-hybridized carbons (Fsp3) is 0.786. The fourth-order valence-electron chi connectivity index (χ4n) is 2.58. The van der Waals surface area contributed by atoms with E-state index in [0.717, 1.165) is 31.0 Å². The highest BCUT2D eigenvalue weighted by Gasteiger charge is 2.48. The van der Waals surface area contributed by atoms with Crippen molar-refractivity contribution in [2.75, 3.05) is 19.3 Å². The number of urea groups is 1. The lowest BCUT2D eigenvalue weighted by Gasteiger charge is -2.36. The molecule has 3 atom stereocenters. The Bertz CT molecular complexity index is 469. The Balaban J connectivity index is 2.16. The minimum atomic E-state index is -0.473. The van der Waals surface area contributed by atoms with E-state index in [4.69, 9.17) is 0 Å². The molecule has 0 aromatic rings. The summed E-state index contributed by atoms with van der Waals surface area (Å²) in [7, 11) is 1.65. The van der Waals surface area contributed by atoms with Crippen LogP contribution >= 0.6 is 11.8 Å². The Morgan fingerprint density at radius 1 is 1.41 bits per heavy atom. The Kier molecular flexibility index (Phi) is 5.69. The summed E-state index contributed by atoms with van der Waals surface area (Å²) >= 11 is 1.44. The molecule has 2 heterocycles. The highest BCUT2D eigenvalue weighted by molar-refractivity contribution is 8.13. The number of thioether (sulfide) groups is 1. The Hall–Kier alpha value is -1.28. The lowest BCUT2D eigenvalue weighted by Crippen LogP contribution is -2.63. The number of amidine groups is 1. The van der Waals surface area contributed by atoms with Gasteiger partial charge in [0.1, 0.15) is 0 Å². The lowest BCUT2D eigenvalue weighted by molar-refractivity contribution is -0.127. The topological polar surface area (TPSA) is 85.2 Å². The summed E-state index contributed by atoms with van der Waals surface area (Å²) in [6.07, 6.45) is 2.23. The van der Waals surface area contributed by atoms with Crippen LogP contribution in [-0.4, -0.2) is 69.7 Å². The molecule has 1 fully saturated rings. The SMILES string of the molecule is CCCCCN1C(SCC(C)O)=NC2C1C(=O)NC(=O)N2C. The molecule has 3 amide bonds. The molecular weight excluding hydrogens is 304 g/mol. The van der Waals surface area contributed by atoms with Crippen molar-refractivity contribution in [3.8, 4) is 0 Å². The molecule has 0 aromatic heterocycles. The second-order valence-corrected chi connectivity index (χ2v) is 6.72. The standard InChI is InChI=1S/C14H24N4O3S/c1-4-5-6-7-18-10-11(15-14(18)22-8-9(2)19)17(3)13(21)16-12(10)20/h9-11,19H,4-8H2,1-3H3,(H,16,20,21). The van der Waals surface area contributed by atoms with Gasteiger partial charge in [-0.25, -0.2) is 9.79 Å². The van der Waals surface area contributed by atoms with Gasteiger partial charge in [0.15, 0.2) is 17.4 Å². The number of hydrogen-bond donors (Lipinski definition) is 2. The first-order valence-corrected chi connectivity index (χ1v) is 8.67. The van der Waals surface area contributed by atoms with Gasteiger partial charge < -0.3 is 14.9 Å². The maximum Gasteiger partial charge on any atom is 0.325 e. The van der Waals surface area contributed by atoms with E-state index in [2.05, 4.69) is 17.2 Å². The molecule has 0 aliphatic carbocycles. The van der Waals surface area contributed by atoms with E-state index in [1.165, 1.54) is 16.7 Å². The van der Waals surface area contributed by atoms with E-state index in [-0.39, 0.29) is 5.91 Å². The minimum absolute atomic E-state index is 0.291. The smallest absolute Gasteiger partial charge is 0.325 e. The monoisotopic (exact) mass is 328 g/mol. The number of aliphatic hydroxyl groups is 1. The quantitative estimate of drug-likeness (QED) is 0.706. The van der Waals surface area contributed by atoms with Gasteiger partial charge in [0.05, 0.1) is 6.10 Å². The van der Waals surface area contributed by atoms with Gasteiger partial charge in [-0.3, -0.25) is 10.1 Å². The van der Waals surface area contributed by atoms with Gasteiger partial charge in [-0.2, -0.15) is 0 Å². The van der Waals surface area contributed by atoms with Gasteiger partial charge in [-0.1, -0.05) is 31.5 Å². The van der Waals surface area contributed by atoms with Gasteiger partial charge >= 0.3 is 6.03 Å². The van der Waals surface area contributed by atoms with Crippen molar-refractivity contribution in [3.05, 3.63) is 0 Å². The molecule has 0 bridgehead atoms. The molecule has 124 valence electrons. The highest BCUT2D eigenvalue weighted by Crippen LogP contribution is 2.29. The zero-order valence-corrected chi connectivity index (χ0v) is 14.1. The maximum absolute atomic E-state index is 12.2. The molecule has 0 spiro atoms. The van der Waals surface area contributed by atoms with Crippen molar-refractivity contribution < 1.29 is 14.7 Å². The van der Waals surface area contributed by atoms with Crippen molar-refractivity contribution >= 4 is 28.9 Å². The highest BCUT2D eigenvalue weighted by atomic mass is 32.2. The van der Waals surface area contributed by atoms with E-state index >= 15 is 0 Å². The van der Waals surface area contributed by atoms with Crippen LogP contribution < -0.4 is 5.32 Å². The fourth-order valence-corrected chi connectivity index (χ4v) is 3.53. The van der Waals surface area contributed by atoms with Gasteiger partial charge in [0.25, 0.3) is 5.91 Å². The first kappa shape index (κ1) is 17.1. The van der Waals surface area contributed by atoms with E-state index < -0.39 is 24.3 Å². The Labute approximate surface area is 135 Å². The number of rotatable bonds is 6. The van der Waals surface area contributed by atoms with Crippen LogP contribution in [0.3, 0.4) is 0 Å². The summed E-state index contributed by atoms with van der Waals surface area (Å²) in [6, 6.07) is -0.874. The Morgan fingerprint density at radius 2 is 2.14 bits per heavy atom. The first-order valence-electron chi connectivity index (χ1n) is 7.68. The predicted octanol–water partition coefficient (Wildman–Crippen LogP) is 0.839. The third-order valence-corrected chi connectivity index (χ3v) is 5.03. The van der Waals surface area contributed by atoms with Crippen molar-refractivity contribution in [1.82, 2.24) is 15.1 Å². The van der Waals surface area contributed by atoms with Gasteiger partial charge in [-0.05, 0) is 13.3 Å². The molecule has 2 N–H and O–H groups in total. The zero-order chi connectivity index (χ0) is 16.3. The van der Waals surface area contributed by atoms with Crippen molar-refractivity contribution in [2.45, 2.75) is 51.4 Å². The molecule has 7 nitrogen and oxygen atoms in total. The van der Waals surface area contributed by atoms with E-state index in [1.807, 2.05) is 4.90 Å². The number of unbranched alkanes of at least 4 members (excludes halogenated alkanes) is 2. The average Bonchev–Trinajstić information content (AvgIpc) is 2.82. The number of nitrogens with one attached hydrogen (secondary N) is 1. The third-order valence-electron chi connectivity index (χ3n) is 3.78. The van der Waals surface area contributed by atoms with Crippen LogP contribution in [0.25, 0.3) is 0 Å². The van der Waals surface area contributed by atoms with E-state index in [9.17, 15) is 14.7 Å². The normalized spacial score (nSPS) is 25.9. The number of aliphatic imine (C=N–C) groups is 1. The number of carbonyl (C=O) groups is 2. The second kappa shape index (κ2) is 7.32. The molecule has 0 aromatic carbocycles. The number of fused-ring (bicyclic) bond motifs is 1. The van der Waals surface area contributed by atoms with Gasteiger partial charge in [-0.15, -0.1) is 0 Å². The molecule has 8 heteroatoms. The van der Waals surface area contributed by atoms with Crippen LogP contribution in [0.4, 0.5) is 4.79 Å². The van der Waals surface area contributed by atoms with Crippen molar-refractivity contribution in [1.29, 1.82) is 0 Å². The van der Waals surface area contributed by atoms with Crippen molar-refractivity contribution in [3.63, 3.8) is 0 Å². The third kappa shape index (κ3) is 3.55. The molecule has 2 aliphatic heterocycles. The molecule has 0 radical (unpaired) electrons. The summed E-state index contributed by atoms with van der Waals surface area (Å²) in [5.74, 6) is 0.225. The number of nitrogens with zero attached hydrogens (tertiary/aromatic N) is 3. The van der Waals surface area contributed by atoms with Gasteiger partial charge in [0, 0.05) is 19.3 Å². The van der Waals surface area contributed by atoms with Crippen LogP contribution in [0.5, 0.6) is 0 Å². The average molecular weight is 328 g/mol. The maximum atomic E-state index is 12.2. The summed E-state index contributed by atoms with van der Waals surface area (Å²) < 4.78 is 0. The van der Waals surface area contributed by atoms with Crippen molar-refractivity contribution in [2.24, 2.45) is 4.99 Å². The van der Waals surface area contributed by atoms with Crippen LogP contribution in [0.15, 0.2) is 4.99 Å². The largest absolute Gasteiger partial charge is 0.393 e. The summed E-state index contributed by atoms with van der Waals surface area (Å²) in [5.41, 5.74) is 0. The number of carbonyl (C=O) groups excluding carboxylic acids is 2. The van der Waals surface area contributed by atoms with Gasteiger partial charge in [0.2, 0.25) is 0 Å². The second-order valence-electron chi connectivity index (χ2n) is 5.74. The summed E-state index contributed by atoms with van der Waals surface area (Å²) in [5, 5.41) is 12.6. The van der Waals surface area contributed by atoms with Crippen LogP contribution in [0.1, 0.15) is 33.1 Å². The van der Waals surface area contributed by atoms with Crippen LogP contribution in [0, 0.1) is 0 Å². The van der Waals surface area contributed by atoms with Crippen LogP contribution in [-0.2, 0) is 4.79 Å². The molecule has 3 unspecified atom stereocenters. The van der Waals surface area contributed by atoms with Crippen LogP contribution in [0.2, 0.25) is 0 Å². The minimum Gasteiger partial charge on any atom is -0.393 e. The molecule has 1 saturated heterocycles. The number of imide groups is 1. The lowest BCUT2D eigenvalue weighted by atomic mass is 10.1. The summed E-state index contributed by atoms with van der Waals surface area (Å²) in [4.78, 5) is 32.0. The first-order chi connectivity index (χ1) is 10.5. The molecule has 2 rings (SSSR count). The van der Waals surface area contributed by atoms with E-state index in [0.29, 0.717) is 5.75 Å². The summed E-state index contributed by atoms with van der Waals surface area (Å²) in [6.45, 7) is 4.58. The number of amides is 3. The molecule has 0 saturated carbocycles. The molecule has 2 aliphatic rings. The zero-order valence-electron chi connectivity index (χ0n) is 13.3. The number of aliphatic hydroxyl groups excluding tert-OH is 1. The molecule has 22 heavy (non-hydrogen) atoms. The van der Waals surface area contributed by atoms with E-state index in [1.54, 1.807) is 14.0 Å². The number of hydrogen-bond acceptors (Lipinski definition) is 6. The predicted molar refractivity (Wildman–Crippen MR) is 86.7 cm³/mol. The number of likely N-dealkylation sites (N-methyl/N-ethyl adjacent to an activating group) is 1. The Morgan fingerprint density at radius 3 is 2.77 bits per heavy atom.